The van der Waals surface area contributed by atoms with Crippen LogP contribution in [0.3, 0.4) is 0 Å². The Morgan fingerprint density at radius 2 is 1.76 bits per heavy atom. The van der Waals surface area contributed by atoms with Crippen molar-refractivity contribution in [2.45, 2.75) is 57.0 Å². The SMILES string of the molecule is O=C(NC1CCCCC1)N1CCC[C@H]1c1ccc(F)cc1. The van der Waals surface area contributed by atoms with E-state index in [1.54, 1.807) is 12.1 Å². The maximum absolute atomic E-state index is 13.0. The van der Waals surface area contributed by atoms with Gasteiger partial charge < -0.3 is 10.2 Å². The molecule has 0 bridgehead atoms. The van der Waals surface area contributed by atoms with Crippen LogP contribution in [0.2, 0.25) is 0 Å². The van der Waals surface area contributed by atoms with E-state index in [9.17, 15) is 9.18 Å². The Morgan fingerprint density at radius 1 is 1.05 bits per heavy atom. The first kappa shape index (κ1) is 14.4. The molecule has 2 aliphatic rings. The smallest absolute Gasteiger partial charge is 0.318 e. The fraction of sp³-hybridized carbons (Fsp3) is 0.588. The highest BCUT2D eigenvalue weighted by atomic mass is 19.1. The van der Waals surface area contributed by atoms with Gasteiger partial charge in [0, 0.05) is 12.6 Å². The van der Waals surface area contributed by atoms with Gasteiger partial charge in [0.15, 0.2) is 0 Å². The van der Waals surface area contributed by atoms with Gasteiger partial charge in [0.1, 0.15) is 5.82 Å². The molecule has 2 fully saturated rings. The largest absolute Gasteiger partial charge is 0.335 e. The third-order valence-electron chi connectivity index (χ3n) is 4.70. The maximum Gasteiger partial charge on any atom is 0.318 e. The minimum absolute atomic E-state index is 0.0497. The average Bonchev–Trinajstić information content (AvgIpc) is 2.98. The van der Waals surface area contributed by atoms with E-state index in [4.69, 9.17) is 0 Å². The Bertz CT molecular complexity index is 482. The van der Waals surface area contributed by atoms with Crippen LogP contribution in [0.1, 0.15) is 56.6 Å². The molecule has 1 aliphatic heterocycles. The number of benzene rings is 1. The Balaban J connectivity index is 1.65. The van der Waals surface area contributed by atoms with Crippen LogP contribution in [-0.2, 0) is 0 Å². The highest BCUT2D eigenvalue weighted by Crippen LogP contribution is 2.32. The molecule has 1 aromatic rings. The van der Waals surface area contributed by atoms with Crippen molar-refractivity contribution in [3.05, 3.63) is 35.6 Å². The normalized spacial score (nSPS) is 23.3. The van der Waals surface area contributed by atoms with Crippen LogP contribution >= 0.6 is 0 Å². The first-order chi connectivity index (χ1) is 10.2. The second kappa shape index (κ2) is 6.46. The van der Waals surface area contributed by atoms with Gasteiger partial charge in [-0.15, -0.1) is 0 Å². The van der Waals surface area contributed by atoms with Crippen LogP contribution < -0.4 is 5.32 Å². The van der Waals surface area contributed by atoms with E-state index in [2.05, 4.69) is 5.32 Å². The Labute approximate surface area is 125 Å². The van der Waals surface area contributed by atoms with E-state index < -0.39 is 0 Å². The van der Waals surface area contributed by atoms with Crippen molar-refractivity contribution in [2.75, 3.05) is 6.54 Å². The zero-order chi connectivity index (χ0) is 14.7. The lowest BCUT2D eigenvalue weighted by atomic mass is 9.96. The summed E-state index contributed by atoms with van der Waals surface area (Å²) in [7, 11) is 0. The molecule has 0 radical (unpaired) electrons. The van der Waals surface area contributed by atoms with Gasteiger partial charge in [-0.3, -0.25) is 0 Å². The number of hydrogen-bond donors (Lipinski definition) is 1. The van der Waals surface area contributed by atoms with Crippen LogP contribution in [0.15, 0.2) is 24.3 Å². The first-order valence-electron chi connectivity index (χ1n) is 8.06. The number of nitrogens with zero attached hydrogens (tertiary/aromatic N) is 1. The molecule has 1 saturated heterocycles. The Kier molecular flexibility index (Phi) is 4.42. The van der Waals surface area contributed by atoms with Crippen molar-refractivity contribution in [3.8, 4) is 0 Å². The molecule has 1 N–H and O–H groups in total. The monoisotopic (exact) mass is 290 g/mol. The fourth-order valence-corrected chi connectivity index (χ4v) is 3.55. The van der Waals surface area contributed by atoms with Crippen LogP contribution in [0.25, 0.3) is 0 Å². The summed E-state index contributed by atoms with van der Waals surface area (Å²) in [6.45, 7) is 0.792. The van der Waals surface area contributed by atoms with Gasteiger partial charge >= 0.3 is 6.03 Å². The second-order valence-corrected chi connectivity index (χ2v) is 6.19. The minimum Gasteiger partial charge on any atom is -0.335 e. The Morgan fingerprint density at radius 3 is 2.48 bits per heavy atom. The highest BCUT2D eigenvalue weighted by Gasteiger charge is 2.31. The number of nitrogens with one attached hydrogen (secondary N) is 1. The van der Waals surface area contributed by atoms with Crippen molar-refractivity contribution < 1.29 is 9.18 Å². The molecule has 0 aromatic heterocycles. The molecule has 2 amide bonds. The quantitative estimate of drug-likeness (QED) is 0.877. The van der Waals surface area contributed by atoms with Crippen LogP contribution in [0, 0.1) is 5.82 Å². The number of carbonyl (C=O) groups excluding carboxylic acids is 1. The van der Waals surface area contributed by atoms with Crippen molar-refractivity contribution in [2.24, 2.45) is 0 Å². The molecule has 1 aromatic carbocycles. The van der Waals surface area contributed by atoms with Gasteiger partial charge in [-0.25, -0.2) is 9.18 Å². The summed E-state index contributed by atoms with van der Waals surface area (Å²) in [6.07, 6.45) is 7.89. The molecule has 3 nitrogen and oxygen atoms in total. The van der Waals surface area contributed by atoms with Gasteiger partial charge in [-0.2, -0.15) is 0 Å². The number of rotatable bonds is 2. The second-order valence-electron chi connectivity index (χ2n) is 6.19. The number of carbonyl (C=O) groups is 1. The molecule has 0 spiro atoms. The molecule has 3 rings (SSSR count). The Hall–Kier alpha value is -1.58. The number of urea groups is 1. The number of amides is 2. The summed E-state index contributed by atoms with van der Waals surface area (Å²) < 4.78 is 13.0. The van der Waals surface area contributed by atoms with E-state index in [0.29, 0.717) is 6.04 Å². The lowest BCUT2D eigenvalue weighted by Gasteiger charge is -2.29. The van der Waals surface area contributed by atoms with Gasteiger partial charge in [-0.1, -0.05) is 31.4 Å². The lowest BCUT2D eigenvalue weighted by Crippen LogP contribution is -2.45. The van der Waals surface area contributed by atoms with Gasteiger partial charge in [0.2, 0.25) is 0 Å². The zero-order valence-electron chi connectivity index (χ0n) is 12.4. The maximum atomic E-state index is 13.0. The first-order valence-corrected chi connectivity index (χ1v) is 8.06. The summed E-state index contributed by atoms with van der Waals surface area (Å²) in [5, 5.41) is 3.18. The van der Waals surface area contributed by atoms with Crippen LogP contribution in [0.5, 0.6) is 0 Å². The molecular weight excluding hydrogens is 267 g/mol. The third kappa shape index (κ3) is 3.36. The van der Waals surface area contributed by atoms with Crippen molar-refractivity contribution in [1.29, 1.82) is 0 Å². The topological polar surface area (TPSA) is 32.3 Å². The molecule has 0 unspecified atom stereocenters. The average molecular weight is 290 g/mol. The van der Waals surface area contributed by atoms with Crippen molar-refractivity contribution in [1.82, 2.24) is 10.2 Å². The predicted molar refractivity (Wildman–Crippen MR) is 80.5 cm³/mol. The molecule has 4 heteroatoms. The lowest BCUT2D eigenvalue weighted by molar-refractivity contribution is 0.185. The van der Waals surface area contributed by atoms with Gasteiger partial charge in [0.25, 0.3) is 0 Å². The van der Waals surface area contributed by atoms with Crippen molar-refractivity contribution >= 4 is 6.03 Å². The van der Waals surface area contributed by atoms with E-state index in [0.717, 1.165) is 37.8 Å². The molecule has 1 atom stereocenters. The van der Waals surface area contributed by atoms with Gasteiger partial charge in [-0.05, 0) is 43.4 Å². The van der Waals surface area contributed by atoms with E-state index in [1.165, 1.54) is 31.4 Å². The fourth-order valence-electron chi connectivity index (χ4n) is 3.55. The number of likely N-dealkylation sites (tertiary alicyclic amines) is 1. The summed E-state index contributed by atoms with van der Waals surface area (Å²) in [6, 6.07) is 7.03. The van der Waals surface area contributed by atoms with Crippen LogP contribution in [0.4, 0.5) is 9.18 Å². The number of halogens is 1. The summed E-state index contributed by atoms with van der Waals surface area (Å²) in [5.41, 5.74) is 1.03. The zero-order valence-corrected chi connectivity index (χ0v) is 12.4. The number of hydrogen-bond acceptors (Lipinski definition) is 1. The standard InChI is InChI=1S/C17H23FN2O/c18-14-10-8-13(9-11-14)16-7-4-12-20(16)17(21)19-15-5-2-1-3-6-15/h8-11,15-16H,1-7,12H2,(H,19,21)/t16-/m0/s1. The predicted octanol–water partition coefficient (Wildman–Crippen LogP) is 4.00. The molecule has 21 heavy (non-hydrogen) atoms. The highest BCUT2D eigenvalue weighted by molar-refractivity contribution is 5.75. The molecule has 1 saturated carbocycles. The van der Waals surface area contributed by atoms with Crippen molar-refractivity contribution in [3.63, 3.8) is 0 Å². The van der Waals surface area contributed by atoms with E-state index >= 15 is 0 Å². The summed E-state index contributed by atoms with van der Waals surface area (Å²) in [4.78, 5) is 14.4. The molecule has 1 aliphatic carbocycles. The summed E-state index contributed by atoms with van der Waals surface area (Å²) >= 11 is 0. The third-order valence-corrected chi connectivity index (χ3v) is 4.70. The minimum atomic E-state index is -0.227. The molecule has 1 heterocycles. The van der Waals surface area contributed by atoms with Crippen LogP contribution in [-0.4, -0.2) is 23.5 Å². The van der Waals surface area contributed by atoms with Gasteiger partial charge in [0.05, 0.1) is 6.04 Å². The van der Waals surface area contributed by atoms with E-state index in [-0.39, 0.29) is 17.9 Å². The molecular formula is C17H23FN2O. The summed E-state index contributed by atoms with van der Waals surface area (Å²) in [5.74, 6) is -0.227. The molecule has 114 valence electrons. The van der Waals surface area contributed by atoms with E-state index in [1.807, 2.05) is 4.90 Å².